The van der Waals surface area contributed by atoms with E-state index < -0.39 is 0 Å². The zero-order valence-corrected chi connectivity index (χ0v) is 19.1. The molecule has 0 aromatic heterocycles. The lowest BCUT2D eigenvalue weighted by molar-refractivity contribution is 0.0837. The number of hydrogen-bond donors (Lipinski definition) is 1. The average Bonchev–Trinajstić information content (AvgIpc) is 2.90. The van der Waals surface area contributed by atoms with Gasteiger partial charge < -0.3 is 0 Å². The maximum atomic E-state index is 13.3. The molecule has 1 aliphatic rings. The molecule has 1 heterocycles. The highest BCUT2D eigenvalue weighted by Gasteiger charge is 2.28. The summed E-state index contributed by atoms with van der Waals surface area (Å²) in [6.45, 7) is 2.02. The molecule has 0 spiro atoms. The van der Waals surface area contributed by atoms with E-state index in [1.807, 2.05) is 78.7 Å². The van der Waals surface area contributed by atoms with Crippen molar-refractivity contribution >= 4 is 17.2 Å². The van der Waals surface area contributed by atoms with Gasteiger partial charge in [-0.2, -0.15) is 0 Å². The van der Waals surface area contributed by atoms with Gasteiger partial charge >= 0.3 is 0 Å². The normalized spacial score (nSPS) is 15.3. The average molecular weight is 443 g/mol. The summed E-state index contributed by atoms with van der Waals surface area (Å²) in [5.74, 6) is -0.140. The predicted octanol–water partition coefficient (Wildman–Crippen LogP) is 6.82. The van der Waals surface area contributed by atoms with Crippen LogP contribution in [0, 0.1) is 6.92 Å². The first-order valence-corrected chi connectivity index (χ1v) is 11.5. The Kier molecular flexibility index (Phi) is 6.09. The van der Waals surface area contributed by atoms with Gasteiger partial charge in [-0.15, -0.1) is 0 Å². The van der Waals surface area contributed by atoms with Gasteiger partial charge in [0, 0.05) is 5.56 Å². The Morgan fingerprint density at radius 3 is 1.88 bits per heavy atom. The van der Waals surface area contributed by atoms with E-state index >= 15 is 0 Å². The molecule has 34 heavy (non-hydrogen) atoms. The second kappa shape index (κ2) is 9.63. The fourth-order valence-electron chi connectivity index (χ4n) is 4.21. The van der Waals surface area contributed by atoms with E-state index in [9.17, 15) is 4.79 Å². The molecule has 3 heteroatoms. The molecular formula is C31H26N2O. The van der Waals surface area contributed by atoms with Gasteiger partial charge in [-0.25, -0.2) is 0 Å². The fraction of sp³-hybridized carbons (Fsp3) is 0.0645. The van der Waals surface area contributed by atoms with Gasteiger partial charge in [0.2, 0.25) is 0 Å². The number of allylic oxidation sites excluding steroid dienone is 2. The van der Waals surface area contributed by atoms with Crippen LogP contribution >= 0.6 is 0 Å². The van der Waals surface area contributed by atoms with Gasteiger partial charge in [-0.3, -0.25) is 15.2 Å². The Balaban J connectivity index is 1.62. The van der Waals surface area contributed by atoms with Crippen LogP contribution in [0.15, 0.2) is 127 Å². The molecule has 3 nitrogen and oxygen atoms in total. The second-order valence-corrected chi connectivity index (χ2v) is 8.42. The summed E-state index contributed by atoms with van der Waals surface area (Å²) in [4.78, 5) is 13.3. The zero-order chi connectivity index (χ0) is 23.3. The van der Waals surface area contributed by atoms with E-state index in [-0.39, 0.29) is 11.9 Å². The van der Waals surface area contributed by atoms with Gasteiger partial charge in [-0.05, 0) is 53.5 Å². The molecule has 5 rings (SSSR count). The van der Waals surface area contributed by atoms with Crippen molar-refractivity contribution in [3.63, 3.8) is 0 Å². The maximum Gasteiger partial charge on any atom is 0.269 e. The largest absolute Gasteiger partial charge is 0.273 e. The van der Waals surface area contributed by atoms with Crippen LogP contribution in [0.1, 0.15) is 38.7 Å². The molecule has 1 amide bonds. The first-order chi connectivity index (χ1) is 16.7. The molecule has 4 aromatic carbocycles. The summed E-state index contributed by atoms with van der Waals surface area (Å²) < 4.78 is 0. The molecule has 0 bridgehead atoms. The molecule has 0 radical (unpaired) electrons. The molecular weight excluding hydrogens is 416 g/mol. The number of nitrogens with one attached hydrogen (secondary N) is 1. The van der Waals surface area contributed by atoms with Crippen LogP contribution in [0.2, 0.25) is 0 Å². The number of carbonyl (C=O) groups is 1. The van der Waals surface area contributed by atoms with E-state index in [4.69, 9.17) is 0 Å². The fourth-order valence-corrected chi connectivity index (χ4v) is 4.21. The molecule has 4 aromatic rings. The summed E-state index contributed by atoms with van der Waals surface area (Å²) in [5.41, 5.74) is 10.3. The van der Waals surface area contributed by atoms with Crippen molar-refractivity contribution in [1.29, 1.82) is 0 Å². The highest BCUT2D eigenvalue weighted by atomic mass is 16.2. The molecule has 1 N–H and O–H groups in total. The minimum absolute atomic E-state index is 0.140. The Bertz CT molecular complexity index is 1320. The third kappa shape index (κ3) is 4.55. The Morgan fingerprint density at radius 1 is 0.706 bits per heavy atom. The standard InChI is InChI=1S/C31H26N2O/c1-23-17-19-27(20-18-23)31(34)32-33-29(25-13-7-3-8-14-25)21-28(24-11-5-2-6-12-24)22-30(33)26-15-9-4-10-16-26/h2-22,29H,1H3,(H,32,34). The topological polar surface area (TPSA) is 32.3 Å². The third-order valence-electron chi connectivity index (χ3n) is 6.02. The SMILES string of the molecule is Cc1ccc(C(=O)NN2C(c3ccccc3)=CC(c3ccccc3)=CC2c2ccccc2)cc1. The predicted molar refractivity (Wildman–Crippen MR) is 139 cm³/mol. The number of hydrogen-bond acceptors (Lipinski definition) is 2. The van der Waals surface area contributed by atoms with E-state index in [0.717, 1.165) is 33.5 Å². The van der Waals surface area contributed by atoms with Gasteiger partial charge in [0.1, 0.15) is 0 Å². The molecule has 0 aliphatic carbocycles. The summed E-state index contributed by atoms with van der Waals surface area (Å²) in [7, 11) is 0. The van der Waals surface area contributed by atoms with Crippen molar-refractivity contribution in [2.24, 2.45) is 0 Å². The number of aryl methyl sites for hydroxylation is 1. The zero-order valence-electron chi connectivity index (χ0n) is 19.1. The van der Waals surface area contributed by atoms with Crippen molar-refractivity contribution in [1.82, 2.24) is 10.4 Å². The van der Waals surface area contributed by atoms with Gasteiger partial charge in [0.15, 0.2) is 0 Å². The quantitative estimate of drug-likeness (QED) is 0.368. The Morgan fingerprint density at radius 2 is 1.26 bits per heavy atom. The minimum Gasteiger partial charge on any atom is -0.273 e. The second-order valence-electron chi connectivity index (χ2n) is 8.42. The van der Waals surface area contributed by atoms with Gasteiger partial charge in [0.05, 0.1) is 11.7 Å². The summed E-state index contributed by atoms with van der Waals surface area (Å²) in [5, 5.41) is 1.99. The van der Waals surface area contributed by atoms with Crippen LogP contribution in [0.25, 0.3) is 11.3 Å². The van der Waals surface area contributed by atoms with Gasteiger partial charge in [-0.1, -0.05) is 109 Å². The lowest BCUT2D eigenvalue weighted by Crippen LogP contribution is -2.44. The van der Waals surface area contributed by atoms with Gasteiger partial charge in [0.25, 0.3) is 5.91 Å². The minimum atomic E-state index is -0.175. The van der Waals surface area contributed by atoms with E-state index in [0.29, 0.717) is 5.56 Å². The highest BCUT2D eigenvalue weighted by Crippen LogP contribution is 2.38. The molecule has 1 atom stereocenters. The molecule has 0 fully saturated rings. The number of hydrazine groups is 1. The van der Waals surface area contributed by atoms with Crippen LogP contribution in [0.5, 0.6) is 0 Å². The van der Waals surface area contributed by atoms with Crippen molar-refractivity contribution in [3.8, 4) is 0 Å². The smallest absolute Gasteiger partial charge is 0.269 e. The van der Waals surface area contributed by atoms with Crippen molar-refractivity contribution in [3.05, 3.63) is 155 Å². The van der Waals surface area contributed by atoms with Crippen LogP contribution in [-0.2, 0) is 0 Å². The molecule has 1 unspecified atom stereocenters. The van der Waals surface area contributed by atoms with E-state index in [2.05, 4.69) is 66.1 Å². The van der Waals surface area contributed by atoms with Crippen LogP contribution in [0.3, 0.4) is 0 Å². The molecule has 0 saturated heterocycles. The van der Waals surface area contributed by atoms with Crippen molar-refractivity contribution < 1.29 is 4.79 Å². The van der Waals surface area contributed by atoms with Crippen LogP contribution in [0.4, 0.5) is 0 Å². The Hall–Kier alpha value is -4.37. The van der Waals surface area contributed by atoms with Crippen LogP contribution in [-0.4, -0.2) is 10.9 Å². The van der Waals surface area contributed by atoms with E-state index in [1.165, 1.54) is 0 Å². The maximum absolute atomic E-state index is 13.3. The number of carbonyl (C=O) groups excluding carboxylic acids is 1. The summed E-state index contributed by atoms with van der Waals surface area (Å²) in [6.07, 6.45) is 4.37. The number of nitrogens with zero attached hydrogens (tertiary/aromatic N) is 1. The molecule has 166 valence electrons. The number of amides is 1. The number of rotatable bonds is 5. The first kappa shape index (κ1) is 21.5. The lowest BCUT2D eigenvalue weighted by Gasteiger charge is -2.37. The van der Waals surface area contributed by atoms with Crippen LogP contribution < -0.4 is 5.43 Å². The first-order valence-electron chi connectivity index (χ1n) is 11.5. The highest BCUT2D eigenvalue weighted by molar-refractivity contribution is 5.95. The Labute approximate surface area is 200 Å². The monoisotopic (exact) mass is 442 g/mol. The molecule has 0 saturated carbocycles. The molecule has 1 aliphatic heterocycles. The van der Waals surface area contributed by atoms with Crippen molar-refractivity contribution in [2.45, 2.75) is 13.0 Å². The number of benzene rings is 4. The van der Waals surface area contributed by atoms with Crippen molar-refractivity contribution in [2.75, 3.05) is 0 Å². The summed E-state index contributed by atoms with van der Waals surface area (Å²) >= 11 is 0. The summed E-state index contributed by atoms with van der Waals surface area (Å²) in [6, 6.07) is 38.3. The van der Waals surface area contributed by atoms with E-state index in [1.54, 1.807) is 0 Å². The third-order valence-corrected chi connectivity index (χ3v) is 6.02. The lowest BCUT2D eigenvalue weighted by atomic mass is 9.92.